The van der Waals surface area contributed by atoms with E-state index >= 15 is 0 Å². The highest BCUT2D eigenvalue weighted by Crippen LogP contribution is 2.46. The number of hydrogen-bond donors (Lipinski definition) is 1. The van der Waals surface area contributed by atoms with E-state index in [4.69, 9.17) is 9.84 Å². The van der Waals surface area contributed by atoms with Crippen LogP contribution in [-0.2, 0) is 14.3 Å². The predicted molar refractivity (Wildman–Crippen MR) is 58.8 cm³/mol. The highest BCUT2D eigenvalue weighted by molar-refractivity contribution is 5.93. The summed E-state index contributed by atoms with van der Waals surface area (Å²) in [6.45, 7) is 7.47. The van der Waals surface area contributed by atoms with Gasteiger partial charge in [0.2, 0.25) is 0 Å². The summed E-state index contributed by atoms with van der Waals surface area (Å²) >= 11 is 0. The van der Waals surface area contributed by atoms with Crippen LogP contribution in [0.15, 0.2) is 24.3 Å². The van der Waals surface area contributed by atoms with Crippen molar-refractivity contribution < 1.29 is 19.4 Å². The van der Waals surface area contributed by atoms with Gasteiger partial charge in [-0.25, -0.2) is 9.59 Å². The van der Waals surface area contributed by atoms with Crippen molar-refractivity contribution in [2.24, 2.45) is 5.92 Å². The summed E-state index contributed by atoms with van der Waals surface area (Å²) in [5.41, 5.74) is -0.286. The van der Waals surface area contributed by atoms with E-state index < -0.39 is 11.9 Å². The third kappa shape index (κ3) is 2.95. The molecule has 0 bridgehead atoms. The molecule has 1 aliphatic rings. The molecule has 0 atom stereocenters. The molecule has 0 spiro atoms. The van der Waals surface area contributed by atoms with Crippen molar-refractivity contribution in [3.63, 3.8) is 0 Å². The molecule has 0 saturated heterocycles. The van der Waals surface area contributed by atoms with Crippen LogP contribution in [0, 0.1) is 5.92 Å². The maximum absolute atomic E-state index is 11.5. The van der Waals surface area contributed by atoms with E-state index in [0.29, 0.717) is 0 Å². The molecule has 0 aliphatic heterocycles. The number of carbonyl (C=O) groups is 2. The molecule has 88 valence electrons. The van der Waals surface area contributed by atoms with Crippen molar-refractivity contribution in [2.45, 2.75) is 32.3 Å². The van der Waals surface area contributed by atoms with E-state index in [1.807, 2.05) is 13.8 Å². The first-order chi connectivity index (χ1) is 7.37. The topological polar surface area (TPSA) is 63.6 Å². The summed E-state index contributed by atoms with van der Waals surface area (Å²) < 4.78 is 5.32. The van der Waals surface area contributed by atoms with Gasteiger partial charge in [0.25, 0.3) is 0 Å². The zero-order valence-electron chi connectivity index (χ0n) is 9.53. The Balaban J connectivity index is 2.53. The number of ether oxygens (including phenoxy) is 1. The van der Waals surface area contributed by atoms with Crippen LogP contribution < -0.4 is 0 Å². The third-order valence-corrected chi connectivity index (χ3v) is 2.78. The monoisotopic (exact) mass is 224 g/mol. The average molecular weight is 224 g/mol. The SMILES string of the molecule is C=C(C=CC(=O)O)C(=O)OC1(C(C)C)CC1. The standard InChI is InChI=1S/C12H16O4/c1-8(2)12(6-7-12)16-11(15)9(3)4-5-10(13)14/h4-5,8H,3,6-7H2,1-2H3,(H,13,14). The molecule has 1 rings (SSSR count). The smallest absolute Gasteiger partial charge is 0.338 e. The van der Waals surface area contributed by atoms with Gasteiger partial charge in [-0.1, -0.05) is 20.4 Å². The second-order valence-electron chi connectivity index (χ2n) is 4.31. The lowest BCUT2D eigenvalue weighted by molar-refractivity contribution is -0.148. The first-order valence-electron chi connectivity index (χ1n) is 5.20. The van der Waals surface area contributed by atoms with E-state index in [9.17, 15) is 9.59 Å². The third-order valence-electron chi connectivity index (χ3n) is 2.78. The first kappa shape index (κ1) is 12.5. The predicted octanol–water partition coefficient (Wildman–Crippen LogP) is 1.92. The molecule has 4 nitrogen and oxygen atoms in total. The molecule has 0 amide bonds. The molecular formula is C12H16O4. The first-order valence-corrected chi connectivity index (χ1v) is 5.20. The number of aliphatic carboxylic acids is 1. The van der Waals surface area contributed by atoms with Gasteiger partial charge in [0.1, 0.15) is 5.60 Å². The lowest BCUT2D eigenvalue weighted by Crippen LogP contribution is -2.25. The van der Waals surface area contributed by atoms with Gasteiger partial charge >= 0.3 is 11.9 Å². The molecular weight excluding hydrogens is 208 g/mol. The molecule has 1 saturated carbocycles. The largest absolute Gasteiger partial charge is 0.478 e. The number of carboxylic acid groups (broad SMARTS) is 1. The highest BCUT2D eigenvalue weighted by atomic mass is 16.6. The van der Waals surface area contributed by atoms with Gasteiger partial charge in [-0.2, -0.15) is 0 Å². The van der Waals surface area contributed by atoms with Gasteiger partial charge in [0, 0.05) is 6.08 Å². The molecule has 0 unspecified atom stereocenters. The minimum absolute atomic E-state index is 0.0642. The van der Waals surface area contributed by atoms with E-state index in [1.54, 1.807) is 0 Å². The van der Waals surface area contributed by atoms with Crippen LogP contribution in [-0.4, -0.2) is 22.6 Å². The van der Waals surface area contributed by atoms with Crippen molar-refractivity contribution in [1.82, 2.24) is 0 Å². The lowest BCUT2D eigenvalue weighted by Gasteiger charge is -2.20. The summed E-state index contributed by atoms with van der Waals surface area (Å²) in [6.07, 6.45) is 3.76. The highest BCUT2D eigenvalue weighted by Gasteiger charge is 2.49. The molecule has 16 heavy (non-hydrogen) atoms. The number of hydrogen-bond acceptors (Lipinski definition) is 3. The molecule has 0 heterocycles. The Morgan fingerprint density at radius 1 is 1.38 bits per heavy atom. The van der Waals surface area contributed by atoms with Crippen LogP contribution in [0.5, 0.6) is 0 Å². The fraction of sp³-hybridized carbons (Fsp3) is 0.500. The van der Waals surface area contributed by atoms with Crippen LogP contribution in [0.4, 0.5) is 0 Å². The summed E-state index contributed by atoms with van der Waals surface area (Å²) in [5, 5.41) is 8.40. The molecule has 0 aromatic heterocycles. The summed E-state index contributed by atoms with van der Waals surface area (Å²) in [6, 6.07) is 0. The number of rotatable bonds is 5. The number of esters is 1. The van der Waals surface area contributed by atoms with Gasteiger partial charge in [-0.3, -0.25) is 0 Å². The molecule has 0 aromatic carbocycles. The summed E-state index contributed by atoms with van der Waals surface area (Å²) in [7, 11) is 0. The minimum Gasteiger partial charge on any atom is -0.478 e. The molecule has 4 heteroatoms. The zero-order chi connectivity index (χ0) is 12.3. The maximum Gasteiger partial charge on any atom is 0.338 e. The molecule has 1 N–H and O–H groups in total. The molecule has 1 aliphatic carbocycles. The maximum atomic E-state index is 11.5. The Morgan fingerprint density at radius 2 is 1.94 bits per heavy atom. The normalized spacial score (nSPS) is 17.4. The number of carbonyl (C=O) groups excluding carboxylic acids is 1. The van der Waals surface area contributed by atoms with Crippen LogP contribution >= 0.6 is 0 Å². The van der Waals surface area contributed by atoms with Crippen LogP contribution in [0.1, 0.15) is 26.7 Å². The summed E-state index contributed by atoms with van der Waals surface area (Å²) in [4.78, 5) is 21.8. The van der Waals surface area contributed by atoms with Gasteiger partial charge in [0.05, 0.1) is 5.57 Å². The van der Waals surface area contributed by atoms with Gasteiger partial charge in [0.15, 0.2) is 0 Å². The molecule has 0 aromatic rings. The Kier molecular flexibility index (Phi) is 3.52. The summed E-state index contributed by atoms with van der Waals surface area (Å²) in [5.74, 6) is -1.38. The Bertz CT molecular complexity index is 348. The van der Waals surface area contributed by atoms with Crippen molar-refractivity contribution in [3.8, 4) is 0 Å². The van der Waals surface area contributed by atoms with E-state index in [0.717, 1.165) is 25.0 Å². The van der Waals surface area contributed by atoms with E-state index in [2.05, 4.69) is 6.58 Å². The molecule has 0 radical (unpaired) electrons. The van der Waals surface area contributed by atoms with Crippen molar-refractivity contribution in [2.75, 3.05) is 0 Å². The average Bonchev–Trinajstić information content (AvgIpc) is 2.95. The van der Waals surface area contributed by atoms with Crippen molar-refractivity contribution in [1.29, 1.82) is 0 Å². The van der Waals surface area contributed by atoms with Gasteiger partial charge < -0.3 is 9.84 Å². The van der Waals surface area contributed by atoms with Crippen LogP contribution in [0.3, 0.4) is 0 Å². The Morgan fingerprint density at radius 3 is 2.31 bits per heavy atom. The number of carboxylic acids is 1. The molecule has 1 fully saturated rings. The van der Waals surface area contributed by atoms with Crippen molar-refractivity contribution in [3.05, 3.63) is 24.3 Å². The van der Waals surface area contributed by atoms with Crippen molar-refractivity contribution >= 4 is 11.9 Å². The lowest BCUT2D eigenvalue weighted by atomic mass is 10.1. The quantitative estimate of drug-likeness (QED) is 0.440. The van der Waals surface area contributed by atoms with E-state index in [1.165, 1.54) is 0 Å². The van der Waals surface area contributed by atoms with E-state index in [-0.39, 0.29) is 17.1 Å². The van der Waals surface area contributed by atoms with Gasteiger partial charge in [-0.15, -0.1) is 0 Å². The minimum atomic E-state index is -1.11. The second kappa shape index (κ2) is 4.51. The van der Waals surface area contributed by atoms with Gasteiger partial charge in [-0.05, 0) is 24.8 Å². The fourth-order valence-corrected chi connectivity index (χ4v) is 1.41. The Labute approximate surface area is 94.6 Å². The zero-order valence-corrected chi connectivity index (χ0v) is 9.53. The Hall–Kier alpha value is -1.58. The van der Waals surface area contributed by atoms with Crippen LogP contribution in [0.2, 0.25) is 0 Å². The second-order valence-corrected chi connectivity index (χ2v) is 4.31. The fourth-order valence-electron chi connectivity index (χ4n) is 1.41. The van der Waals surface area contributed by atoms with Crippen LogP contribution in [0.25, 0.3) is 0 Å².